The average molecular weight is 237 g/mol. The first-order valence-electron chi connectivity index (χ1n) is 6.07. The van der Waals surface area contributed by atoms with Crippen molar-refractivity contribution in [3.05, 3.63) is 41.0 Å². The van der Waals surface area contributed by atoms with Crippen molar-refractivity contribution in [2.45, 2.75) is 32.2 Å². The van der Waals surface area contributed by atoms with Crippen molar-refractivity contribution >= 4 is 6.08 Å². The zero-order chi connectivity index (χ0) is 12.3. The van der Waals surface area contributed by atoms with Crippen LogP contribution in [-0.2, 0) is 0 Å². The van der Waals surface area contributed by atoms with Gasteiger partial charge in [0.05, 0.1) is 0 Å². The van der Waals surface area contributed by atoms with Gasteiger partial charge in [0.25, 0.3) is 0 Å². The van der Waals surface area contributed by atoms with Gasteiger partial charge in [-0.25, -0.2) is 8.78 Å². The molecule has 1 fully saturated rings. The van der Waals surface area contributed by atoms with Gasteiger partial charge in [0, 0.05) is 18.2 Å². The monoisotopic (exact) mass is 237 g/mol. The smallest absolute Gasteiger partial charge is 0.133 e. The Kier molecular flexibility index (Phi) is 3.89. The second-order valence-electron chi connectivity index (χ2n) is 4.45. The Balaban J connectivity index is 2.12. The van der Waals surface area contributed by atoms with Crippen LogP contribution >= 0.6 is 0 Å². The van der Waals surface area contributed by atoms with Crippen LogP contribution in [0.4, 0.5) is 8.78 Å². The molecule has 0 spiro atoms. The molecule has 2 rings (SSSR count). The van der Waals surface area contributed by atoms with E-state index in [-0.39, 0.29) is 5.56 Å². The Morgan fingerprint density at radius 2 is 2.00 bits per heavy atom. The van der Waals surface area contributed by atoms with Crippen LogP contribution in [0.3, 0.4) is 0 Å². The van der Waals surface area contributed by atoms with Crippen molar-refractivity contribution < 1.29 is 8.78 Å². The van der Waals surface area contributed by atoms with Crippen LogP contribution in [0.5, 0.6) is 0 Å². The minimum Gasteiger partial charge on any atom is -0.310 e. The van der Waals surface area contributed by atoms with Crippen molar-refractivity contribution in [2.24, 2.45) is 0 Å². The van der Waals surface area contributed by atoms with E-state index in [4.69, 9.17) is 0 Å². The molecular formula is C14H17F2N. The molecular weight excluding hydrogens is 220 g/mol. The maximum absolute atomic E-state index is 13.5. The van der Waals surface area contributed by atoms with Gasteiger partial charge in [-0.3, -0.25) is 0 Å². The van der Waals surface area contributed by atoms with Gasteiger partial charge in [0.1, 0.15) is 11.6 Å². The molecule has 0 saturated heterocycles. The summed E-state index contributed by atoms with van der Waals surface area (Å²) >= 11 is 0. The summed E-state index contributed by atoms with van der Waals surface area (Å²) in [6.07, 6.45) is 4.85. The SMILES string of the molecule is CCC(=Cc1c(F)cccc1F)CNC1CC1. The number of hydrogen-bond acceptors (Lipinski definition) is 1. The van der Waals surface area contributed by atoms with E-state index in [1.54, 1.807) is 6.08 Å². The number of nitrogens with one attached hydrogen (secondary N) is 1. The molecule has 0 aromatic heterocycles. The fraction of sp³-hybridized carbons (Fsp3) is 0.429. The Hall–Kier alpha value is -1.22. The van der Waals surface area contributed by atoms with Gasteiger partial charge in [-0.2, -0.15) is 0 Å². The van der Waals surface area contributed by atoms with Gasteiger partial charge < -0.3 is 5.32 Å². The molecule has 1 N–H and O–H groups in total. The van der Waals surface area contributed by atoms with Crippen LogP contribution in [0.15, 0.2) is 23.8 Å². The first-order chi connectivity index (χ1) is 8.20. The highest BCUT2D eigenvalue weighted by Gasteiger charge is 2.20. The van der Waals surface area contributed by atoms with Gasteiger partial charge >= 0.3 is 0 Å². The zero-order valence-electron chi connectivity index (χ0n) is 9.97. The molecule has 1 aromatic carbocycles. The molecule has 0 atom stereocenters. The highest BCUT2D eigenvalue weighted by molar-refractivity contribution is 5.54. The lowest BCUT2D eigenvalue weighted by Crippen LogP contribution is -2.19. The molecule has 1 aliphatic rings. The lowest BCUT2D eigenvalue weighted by Gasteiger charge is -2.07. The van der Waals surface area contributed by atoms with E-state index in [9.17, 15) is 8.78 Å². The van der Waals surface area contributed by atoms with E-state index in [1.165, 1.54) is 31.0 Å². The topological polar surface area (TPSA) is 12.0 Å². The van der Waals surface area contributed by atoms with E-state index in [2.05, 4.69) is 5.32 Å². The Morgan fingerprint density at radius 1 is 1.35 bits per heavy atom. The summed E-state index contributed by atoms with van der Waals surface area (Å²) in [6.45, 7) is 2.72. The van der Waals surface area contributed by atoms with E-state index in [0.717, 1.165) is 18.5 Å². The fourth-order valence-electron chi connectivity index (χ4n) is 1.69. The van der Waals surface area contributed by atoms with Gasteiger partial charge in [-0.15, -0.1) is 0 Å². The molecule has 1 aromatic rings. The largest absolute Gasteiger partial charge is 0.310 e. The molecule has 0 heterocycles. The molecule has 92 valence electrons. The molecule has 0 radical (unpaired) electrons. The van der Waals surface area contributed by atoms with Crippen molar-refractivity contribution in [3.8, 4) is 0 Å². The zero-order valence-corrected chi connectivity index (χ0v) is 9.97. The highest BCUT2D eigenvalue weighted by atomic mass is 19.1. The Morgan fingerprint density at radius 3 is 2.53 bits per heavy atom. The summed E-state index contributed by atoms with van der Waals surface area (Å²) in [6, 6.07) is 4.57. The molecule has 0 unspecified atom stereocenters. The summed E-state index contributed by atoms with van der Waals surface area (Å²) in [7, 11) is 0. The third-order valence-corrected chi connectivity index (χ3v) is 3.00. The quantitative estimate of drug-likeness (QED) is 0.826. The molecule has 0 amide bonds. The number of hydrogen-bond donors (Lipinski definition) is 1. The van der Waals surface area contributed by atoms with Crippen molar-refractivity contribution in [1.29, 1.82) is 0 Å². The van der Waals surface area contributed by atoms with Crippen LogP contribution in [-0.4, -0.2) is 12.6 Å². The maximum Gasteiger partial charge on any atom is 0.133 e. The Labute approximate surface area is 101 Å². The van der Waals surface area contributed by atoms with Crippen LogP contribution < -0.4 is 5.32 Å². The predicted molar refractivity (Wildman–Crippen MR) is 65.7 cm³/mol. The molecule has 17 heavy (non-hydrogen) atoms. The normalized spacial score (nSPS) is 16.3. The second-order valence-corrected chi connectivity index (χ2v) is 4.45. The van der Waals surface area contributed by atoms with E-state index in [0.29, 0.717) is 6.04 Å². The Bertz CT molecular complexity index is 402. The summed E-state index contributed by atoms with van der Waals surface area (Å²) in [5, 5.41) is 3.35. The lowest BCUT2D eigenvalue weighted by atomic mass is 10.1. The minimum absolute atomic E-state index is 0.0712. The standard InChI is InChI=1S/C14H17F2N/c1-2-10(9-17-11-6-7-11)8-12-13(15)4-3-5-14(12)16/h3-5,8,11,17H,2,6-7,9H2,1H3. The minimum atomic E-state index is -0.498. The highest BCUT2D eigenvalue weighted by Crippen LogP contribution is 2.20. The van der Waals surface area contributed by atoms with Crippen molar-refractivity contribution in [3.63, 3.8) is 0 Å². The summed E-state index contributed by atoms with van der Waals surface area (Å²) in [4.78, 5) is 0. The third kappa shape index (κ3) is 3.37. The number of benzene rings is 1. The van der Waals surface area contributed by atoms with Crippen LogP contribution in [0, 0.1) is 11.6 Å². The van der Waals surface area contributed by atoms with Crippen LogP contribution in [0.1, 0.15) is 31.7 Å². The number of halogens is 2. The molecule has 3 heteroatoms. The van der Waals surface area contributed by atoms with Gasteiger partial charge in [0.2, 0.25) is 0 Å². The van der Waals surface area contributed by atoms with E-state index >= 15 is 0 Å². The van der Waals surface area contributed by atoms with Gasteiger partial charge in [0.15, 0.2) is 0 Å². The molecule has 1 saturated carbocycles. The molecule has 1 nitrogen and oxygen atoms in total. The predicted octanol–water partition coefficient (Wildman–Crippen LogP) is 3.51. The molecule has 1 aliphatic carbocycles. The average Bonchev–Trinajstić information content (AvgIpc) is 3.12. The lowest BCUT2D eigenvalue weighted by molar-refractivity contribution is 0.578. The van der Waals surface area contributed by atoms with Crippen LogP contribution in [0.2, 0.25) is 0 Å². The fourth-order valence-corrected chi connectivity index (χ4v) is 1.69. The maximum atomic E-state index is 13.5. The van der Waals surface area contributed by atoms with Gasteiger partial charge in [-0.05, 0) is 37.5 Å². The van der Waals surface area contributed by atoms with Crippen molar-refractivity contribution in [2.75, 3.05) is 6.54 Å². The third-order valence-electron chi connectivity index (χ3n) is 3.00. The second kappa shape index (κ2) is 5.41. The van der Waals surface area contributed by atoms with Gasteiger partial charge in [-0.1, -0.05) is 18.6 Å². The first kappa shape index (κ1) is 12.2. The summed E-state index contributed by atoms with van der Waals surface area (Å²) < 4.78 is 26.9. The van der Waals surface area contributed by atoms with E-state index < -0.39 is 11.6 Å². The number of rotatable bonds is 5. The molecule has 0 aliphatic heterocycles. The summed E-state index contributed by atoms with van der Waals surface area (Å²) in [5.74, 6) is -0.996. The summed E-state index contributed by atoms with van der Waals surface area (Å²) in [5.41, 5.74) is 1.10. The van der Waals surface area contributed by atoms with Crippen LogP contribution in [0.25, 0.3) is 6.08 Å². The van der Waals surface area contributed by atoms with E-state index in [1.807, 2.05) is 6.92 Å². The first-order valence-corrected chi connectivity index (χ1v) is 6.07. The van der Waals surface area contributed by atoms with Crippen molar-refractivity contribution in [1.82, 2.24) is 5.32 Å². The molecule has 0 bridgehead atoms.